The quantitative estimate of drug-likeness (QED) is 0.827. The van der Waals surface area contributed by atoms with E-state index in [0.29, 0.717) is 12.1 Å². The third-order valence-corrected chi connectivity index (χ3v) is 6.19. The predicted molar refractivity (Wildman–Crippen MR) is 101 cm³/mol. The Labute approximate surface area is 153 Å². The van der Waals surface area contributed by atoms with Crippen molar-refractivity contribution in [3.63, 3.8) is 0 Å². The minimum absolute atomic E-state index is 0.203. The van der Waals surface area contributed by atoms with Crippen LogP contribution in [0.15, 0.2) is 54.6 Å². The lowest BCUT2D eigenvalue weighted by molar-refractivity contribution is -0.119. The molecule has 1 aliphatic rings. The molecule has 6 nitrogen and oxygen atoms in total. The second kappa shape index (κ2) is 6.92. The standard InChI is InChI=1S/C19H20N2O4S/c1-3-20(16-9-5-4-6-10-16)19(23)15-8-7-11-17(12-15)21-18(22)14(2)13-26(21,24)25/h4-12,14H,3,13H2,1-2H3. The molecule has 2 aromatic rings. The molecule has 26 heavy (non-hydrogen) atoms. The first-order chi connectivity index (χ1) is 12.3. The van der Waals surface area contributed by atoms with Crippen LogP contribution >= 0.6 is 0 Å². The van der Waals surface area contributed by atoms with E-state index in [9.17, 15) is 18.0 Å². The van der Waals surface area contributed by atoms with Crippen LogP contribution in [0.25, 0.3) is 0 Å². The molecule has 1 heterocycles. The third-order valence-electron chi connectivity index (χ3n) is 4.32. The summed E-state index contributed by atoms with van der Waals surface area (Å²) in [6, 6.07) is 15.4. The second-order valence-corrected chi connectivity index (χ2v) is 8.08. The number of sulfonamides is 1. The summed E-state index contributed by atoms with van der Waals surface area (Å²) < 4.78 is 25.4. The molecule has 2 aromatic carbocycles. The highest BCUT2D eigenvalue weighted by atomic mass is 32.2. The average molecular weight is 372 g/mol. The Morgan fingerprint density at radius 1 is 1.15 bits per heavy atom. The fourth-order valence-electron chi connectivity index (χ4n) is 3.06. The number of hydrogen-bond acceptors (Lipinski definition) is 4. The molecular weight excluding hydrogens is 352 g/mol. The fraction of sp³-hybridized carbons (Fsp3) is 0.263. The molecule has 0 spiro atoms. The van der Waals surface area contributed by atoms with E-state index in [1.54, 1.807) is 24.0 Å². The zero-order chi connectivity index (χ0) is 18.9. The Morgan fingerprint density at radius 3 is 2.42 bits per heavy atom. The van der Waals surface area contributed by atoms with Gasteiger partial charge in [0, 0.05) is 17.8 Å². The molecule has 0 N–H and O–H groups in total. The van der Waals surface area contributed by atoms with Crippen molar-refractivity contribution in [2.45, 2.75) is 13.8 Å². The normalized spacial score (nSPS) is 18.8. The van der Waals surface area contributed by atoms with Gasteiger partial charge in [0.25, 0.3) is 5.91 Å². The number of rotatable bonds is 4. The smallest absolute Gasteiger partial charge is 0.258 e. The molecule has 0 bridgehead atoms. The van der Waals surface area contributed by atoms with Crippen LogP contribution in [0.5, 0.6) is 0 Å². The first kappa shape index (κ1) is 18.1. The highest BCUT2D eigenvalue weighted by Gasteiger charge is 2.42. The van der Waals surface area contributed by atoms with E-state index in [1.807, 2.05) is 37.3 Å². The molecule has 1 fully saturated rings. The van der Waals surface area contributed by atoms with Gasteiger partial charge < -0.3 is 4.90 Å². The van der Waals surface area contributed by atoms with Crippen LogP contribution in [0, 0.1) is 5.92 Å². The number of carbonyl (C=O) groups is 2. The van der Waals surface area contributed by atoms with E-state index >= 15 is 0 Å². The summed E-state index contributed by atoms with van der Waals surface area (Å²) in [5.74, 6) is -1.52. The van der Waals surface area contributed by atoms with Gasteiger partial charge >= 0.3 is 0 Å². The van der Waals surface area contributed by atoms with Crippen LogP contribution in [-0.2, 0) is 14.8 Å². The van der Waals surface area contributed by atoms with E-state index in [1.165, 1.54) is 12.1 Å². The molecule has 1 saturated heterocycles. The maximum atomic E-state index is 12.9. The van der Waals surface area contributed by atoms with Crippen LogP contribution in [0.1, 0.15) is 24.2 Å². The van der Waals surface area contributed by atoms with Crippen LogP contribution in [0.2, 0.25) is 0 Å². The number of benzene rings is 2. The summed E-state index contributed by atoms with van der Waals surface area (Å²) >= 11 is 0. The fourth-order valence-corrected chi connectivity index (χ4v) is 4.87. The lowest BCUT2D eigenvalue weighted by atomic mass is 10.1. The second-order valence-electron chi connectivity index (χ2n) is 6.22. The molecule has 1 atom stereocenters. The highest BCUT2D eigenvalue weighted by Crippen LogP contribution is 2.29. The number of carbonyl (C=O) groups excluding carboxylic acids is 2. The number of hydrogen-bond donors (Lipinski definition) is 0. The summed E-state index contributed by atoms with van der Waals surface area (Å²) in [5, 5.41) is 0. The minimum atomic E-state index is -3.70. The Bertz CT molecular complexity index is 941. The van der Waals surface area contributed by atoms with Crippen molar-refractivity contribution in [3.05, 3.63) is 60.2 Å². The summed E-state index contributed by atoms with van der Waals surface area (Å²) in [6.07, 6.45) is 0. The first-order valence-electron chi connectivity index (χ1n) is 8.39. The summed E-state index contributed by atoms with van der Waals surface area (Å²) in [7, 11) is -3.70. The molecule has 3 rings (SSSR count). The van der Waals surface area contributed by atoms with Gasteiger partial charge in [0.05, 0.1) is 17.4 Å². The lowest BCUT2D eigenvalue weighted by Crippen LogP contribution is -2.32. The monoisotopic (exact) mass is 372 g/mol. The van der Waals surface area contributed by atoms with Gasteiger partial charge in [0.2, 0.25) is 15.9 Å². The Hall–Kier alpha value is -2.67. The van der Waals surface area contributed by atoms with E-state index in [4.69, 9.17) is 0 Å². The molecule has 2 amide bonds. The zero-order valence-corrected chi connectivity index (χ0v) is 15.4. The van der Waals surface area contributed by atoms with Gasteiger partial charge in [-0.2, -0.15) is 0 Å². The maximum absolute atomic E-state index is 12.9. The van der Waals surface area contributed by atoms with Crippen LogP contribution in [-0.4, -0.2) is 32.5 Å². The molecule has 0 radical (unpaired) electrons. The van der Waals surface area contributed by atoms with Crippen molar-refractivity contribution in [2.24, 2.45) is 5.92 Å². The van der Waals surface area contributed by atoms with E-state index < -0.39 is 21.8 Å². The lowest BCUT2D eigenvalue weighted by Gasteiger charge is -2.22. The Kier molecular flexibility index (Phi) is 4.82. The average Bonchev–Trinajstić information content (AvgIpc) is 2.83. The van der Waals surface area contributed by atoms with E-state index in [2.05, 4.69) is 0 Å². The van der Waals surface area contributed by atoms with Crippen molar-refractivity contribution in [1.29, 1.82) is 0 Å². The summed E-state index contributed by atoms with van der Waals surface area (Å²) in [4.78, 5) is 26.8. The molecule has 1 aliphatic heterocycles. The zero-order valence-electron chi connectivity index (χ0n) is 14.6. The molecule has 0 aromatic heterocycles. The molecule has 136 valence electrons. The minimum Gasteiger partial charge on any atom is -0.309 e. The predicted octanol–water partition coefficient (Wildman–Crippen LogP) is 2.67. The van der Waals surface area contributed by atoms with E-state index in [0.717, 1.165) is 9.99 Å². The summed E-state index contributed by atoms with van der Waals surface area (Å²) in [5.41, 5.74) is 1.29. The maximum Gasteiger partial charge on any atom is 0.258 e. The Morgan fingerprint density at radius 2 is 1.85 bits per heavy atom. The van der Waals surface area contributed by atoms with Gasteiger partial charge in [-0.25, -0.2) is 12.7 Å². The van der Waals surface area contributed by atoms with Crippen molar-refractivity contribution < 1.29 is 18.0 Å². The molecular formula is C19H20N2O4S. The van der Waals surface area contributed by atoms with Gasteiger partial charge in [-0.1, -0.05) is 31.2 Å². The van der Waals surface area contributed by atoms with Crippen LogP contribution < -0.4 is 9.21 Å². The van der Waals surface area contributed by atoms with Crippen LogP contribution in [0.4, 0.5) is 11.4 Å². The number of para-hydroxylation sites is 1. The molecule has 0 aliphatic carbocycles. The van der Waals surface area contributed by atoms with E-state index in [-0.39, 0.29) is 17.3 Å². The van der Waals surface area contributed by atoms with Crippen LogP contribution in [0.3, 0.4) is 0 Å². The first-order valence-corrected chi connectivity index (χ1v) is 10.00. The number of nitrogens with zero attached hydrogens (tertiary/aromatic N) is 2. The van der Waals surface area contributed by atoms with Gasteiger partial charge in [-0.15, -0.1) is 0 Å². The largest absolute Gasteiger partial charge is 0.309 e. The molecule has 1 unspecified atom stereocenters. The number of anilines is 2. The molecule has 0 saturated carbocycles. The third kappa shape index (κ3) is 3.22. The van der Waals surface area contributed by atoms with Gasteiger partial charge in [0.1, 0.15) is 0 Å². The van der Waals surface area contributed by atoms with Crippen molar-refractivity contribution in [3.8, 4) is 0 Å². The van der Waals surface area contributed by atoms with Gasteiger partial charge in [-0.05, 0) is 37.3 Å². The van der Waals surface area contributed by atoms with Crippen molar-refractivity contribution in [1.82, 2.24) is 0 Å². The van der Waals surface area contributed by atoms with Gasteiger partial charge in [0.15, 0.2) is 0 Å². The SMILES string of the molecule is CCN(C(=O)c1cccc(N2C(=O)C(C)CS2(=O)=O)c1)c1ccccc1. The topological polar surface area (TPSA) is 74.8 Å². The van der Waals surface area contributed by atoms with Crippen molar-refractivity contribution in [2.75, 3.05) is 21.5 Å². The summed E-state index contributed by atoms with van der Waals surface area (Å²) in [6.45, 7) is 3.92. The van der Waals surface area contributed by atoms with Gasteiger partial charge in [-0.3, -0.25) is 9.59 Å². The number of amides is 2. The molecule has 7 heteroatoms. The van der Waals surface area contributed by atoms with Crippen molar-refractivity contribution >= 4 is 33.2 Å². The Balaban J connectivity index is 1.97. The highest BCUT2D eigenvalue weighted by molar-refractivity contribution is 7.94.